The van der Waals surface area contributed by atoms with Crippen LogP contribution in [-0.4, -0.2) is 51.4 Å². The van der Waals surface area contributed by atoms with E-state index in [9.17, 15) is 15.3 Å². The van der Waals surface area contributed by atoms with Gasteiger partial charge in [0.25, 0.3) is 0 Å². The fourth-order valence-corrected chi connectivity index (χ4v) is 1.37. The Morgan fingerprint density at radius 1 is 1.23 bits per heavy atom. The van der Waals surface area contributed by atoms with E-state index < -0.39 is 24.4 Å². The van der Waals surface area contributed by atoms with E-state index in [2.05, 4.69) is 0 Å². The average Bonchev–Trinajstić information content (AvgIpc) is 2.15. The monoisotopic (exact) mass is 191 g/mol. The van der Waals surface area contributed by atoms with Gasteiger partial charge >= 0.3 is 0 Å². The van der Waals surface area contributed by atoms with Crippen molar-refractivity contribution in [1.82, 2.24) is 0 Å². The molecule has 0 spiro atoms. The van der Waals surface area contributed by atoms with Gasteiger partial charge in [-0.2, -0.15) is 0 Å². The number of aliphatic hydroxyl groups excluding tert-OH is 4. The standard InChI is InChI=1S/C8H15O5/c1-2-4-6(10)8(12)7(11)5(3-9)13-4/h5-12H,2-3H2,1H3/t5-,6+,7-,8-/m1/s1. The summed E-state index contributed by atoms with van der Waals surface area (Å²) in [4.78, 5) is 0. The molecule has 4 N–H and O–H groups in total. The summed E-state index contributed by atoms with van der Waals surface area (Å²) in [6.07, 6.45) is -3.77. The molecule has 0 aromatic rings. The number of ether oxygens (including phenoxy) is 1. The summed E-state index contributed by atoms with van der Waals surface area (Å²) in [5.41, 5.74) is 0. The van der Waals surface area contributed by atoms with Crippen molar-refractivity contribution in [3.8, 4) is 0 Å². The van der Waals surface area contributed by atoms with Gasteiger partial charge in [0.1, 0.15) is 30.5 Å². The molecule has 13 heavy (non-hydrogen) atoms. The maximum Gasteiger partial charge on any atom is 0.128 e. The molecule has 0 aliphatic carbocycles. The van der Waals surface area contributed by atoms with Gasteiger partial charge in [0, 0.05) is 0 Å². The van der Waals surface area contributed by atoms with Gasteiger partial charge in [0.15, 0.2) is 0 Å². The molecule has 5 nitrogen and oxygen atoms in total. The van der Waals surface area contributed by atoms with Gasteiger partial charge in [0.2, 0.25) is 0 Å². The number of hydrogen-bond acceptors (Lipinski definition) is 5. The SMILES string of the molecule is CC[C]1O[C@H](CO)[C@@H](O)[C@H](O)[C@H]1O. The lowest BCUT2D eigenvalue weighted by atomic mass is 9.94. The summed E-state index contributed by atoms with van der Waals surface area (Å²) in [5.74, 6) is 0. The summed E-state index contributed by atoms with van der Waals surface area (Å²) < 4.78 is 5.09. The van der Waals surface area contributed by atoms with Gasteiger partial charge in [-0.15, -0.1) is 0 Å². The minimum absolute atomic E-state index is 0.303. The third kappa shape index (κ3) is 2.00. The van der Waals surface area contributed by atoms with E-state index in [0.29, 0.717) is 12.5 Å². The minimum atomic E-state index is -1.28. The van der Waals surface area contributed by atoms with Crippen LogP contribution in [0, 0.1) is 6.10 Å². The molecule has 0 unspecified atom stereocenters. The summed E-state index contributed by atoms with van der Waals surface area (Å²) in [6, 6.07) is 0. The fraction of sp³-hybridized carbons (Fsp3) is 0.875. The molecule has 1 radical (unpaired) electrons. The van der Waals surface area contributed by atoms with Crippen molar-refractivity contribution in [1.29, 1.82) is 0 Å². The maximum absolute atomic E-state index is 9.37. The number of rotatable bonds is 2. The zero-order valence-corrected chi connectivity index (χ0v) is 7.42. The Hall–Kier alpha value is -0.200. The number of hydrogen-bond donors (Lipinski definition) is 4. The van der Waals surface area contributed by atoms with Crippen molar-refractivity contribution < 1.29 is 25.2 Å². The lowest BCUT2D eigenvalue weighted by Crippen LogP contribution is -2.55. The van der Waals surface area contributed by atoms with E-state index in [1.165, 1.54) is 0 Å². The van der Waals surface area contributed by atoms with E-state index in [4.69, 9.17) is 9.84 Å². The van der Waals surface area contributed by atoms with Crippen LogP contribution in [0.2, 0.25) is 0 Å². The van der Waals surface area contributed by atoms with Crippen LogP contribution in [0.4, 0.5) is 0 Å². The first-order valence-corrected chi connectivity index (χ1v) is 4.29. The van der Waals surface area contributed by atoms with E-state index in [1.807, 2.05) is 0 Å². The molecule has 1 aliphatic heterocycles. The number of aliphatic hydroxyl groups is 4. The first-order valence-electron chi connectivity index (χ1n) is 4.29. The van der Waals surface area contributed by atoms with Crippen molar-refractivity contribution in [3.05, 3.63) is 6.10 Å². The highest BCUT2D eigenvalue weighted by Gasteiger charge is 2.43. The molecule has 0 aromatic heterocycles. The van der Waals surface area contributed by atoms with Crippen molar-refractivity contribution in [2.24, 2.45) is 0 Å². The van der Waals surface area contributed by atoms with Crippen LogP contribution in [0.3, 0.4) is 0 Å². The quantitative estimate of drug-likeness (QED) is 0.422. The van der Waals surface area contributed by atoms with Gasteiger partial charge in [-0.25, -0.2) is 0 Å². The van der Waals surface area contributed by atoms with Crippen LogP contribution in [0.25, 0.3) is 0 Å². The molecule has 1 heterocycles. The van der Waals surface area contributed by atoms with Crippen LogP contribution in [0.1, 0.15) is 13.3 Å². The van der Waals surface area contributed by atoms with E-state index in [0.717, 1.165) is 0 Å². The fourth-order valence-electron chi connectivity index (χ4n) is 1.37. The van der Waals surface area contributed by atoms with Crippen molar-refractivity contribution >= 4 is 0 Å². The zero-order valence-electron chi connectivity index (χ0n) is 7.42. The Balaban J connectivity index is 2.66. The third-order valence-corrected chi connectivity index (χ3v) is 2.22. The van der Waals surface area contributed by atoms with Crippen LogP contribution in [-0.2, 0) is 4.74 Å². The van der Waals surface area contributed by atoms with Gasteiger partial charge in [-0.05, 0) is 6.42 Å². The topological polar surface area (TPSA) is 90.2 Å². The Bertz CT molecular complexity index is 143. The molecule has 0 amide bonds. The van der Waals surface area contributed by atoms with Crippen LogP contribution in [0.5, 0.6) is 0 Å². The molecule has 1 rings (SSSR count). The average molecular weight is 191 g/mol. The second kappa shape index (κ2) is 4.34. The molecule has 4 atom stereocenters. The molecule has 1 aliphatic rings. The molecule has 1 fully saturated rings. The Morgan fingerprint density at radius 3 is 2.31 bits per heavy atom. The van der Waals surface area contributed by atoms with Gasteiger partial charge in [-0.3, -0.25) is 0 Å². The molecule has 0 aromatic carbocycles. The highest BCUT2D eigenvalue weighted by Crippen LogP contribution is 2.27. The highest BCUT2D eigenvalue weighted by atomic mass is 16.5. The van der Waals surface area contributed by atoms with E-state index in [1.54, 1.807) is 6.92 Å². The lowest BCUT2D eigenvalue weighted by Gasteiger charge is -2.38. The molecule has 5 heteroatoms. The molecule has 77 valence electrons. The second-order valence-corrected chi connectivity index (χ2v) is 3.08. The minimum Gasteiger partial charge on any atom is -0.394 e. The normalized spacial score (nSPS) is 42.2. The van der Waals surface area contributed by atoms with Crippen LogP contribution >= 0.6 is 0 Å². The Morgan fingerprint density at radius 2 is 1.85 bits per heavy atom. The van der Waals surface area contributed by atoms with Crippen LogP contribution in [0.15, 0.2) is 0 Å². The summed E-state index contributed by atoms with van der Waals surface area (Å²) >= 11 is 0. The van der Waals surface area contributed by atoms with Crippen molar-refractivity contribution in [2.45, 2.75) is 37.8 Å². The summed E-state index contributed by atoms with van der Waals surface area (Å²) in [5, 5.41) is 36.8. The van der Waals surface area contributed by atoms with Gasteiger partial charge in [0.05, 0.1) is 6.61 Å². The predicted molar refractivity (Wildman–Crippen MR) is 43.5 cm³/mol. The lowest BCUT2D eigenvalue weighted by molar-refractivity contribution is -0.191. The molecular formula is C8H15O5. The smallest absolute Gasteiger partial charge is 0.128 e. The maximum atomic E-state index is 9.37. The van der Waals surface area contributed by atoms with E-state index in [-0.39, 0.29) is 6.61 Å². The summed E-state index contributed by atoms with van der Waals surface area (Å²) in [6.45, 7) is 1.38. The van der Waals surface area contributed by atoms with Crippen molar-refractivity contribution in [2.75, 3.05) is 6.61 Å². The Kier molecular flexibility index (Phi) is 3.63. The van der Waals surface area contributed by atoms with E-state index >= 15 is 0 Å². The van der Waals surface area contributed by atoms with Gasteiger partial charge in [-0.1, -0.05) is 6.92 Å². The van der Waals surface area contributed by atoms with Crippen molar-refractivity contribution in [3.63, 3.8) is 0 Å². The molecule has 0 bridgehead atoms. The highest BCUT2D eigenvalue weighted by molar-refractivity contribution is 5.01. The zero-order chi connectivity index (χ0) is 10.0. The first-order chi connectivity index (χ1) is 6.11. The Labute approximate surface area is 76.6 Å². The van der Waals surface area contributed by atoms with Crippen LogP contribution < -0.4 is 0 Å². The predicted octanol–water partition coefficient (Wildman–Crippen LogP) is -1.60. The third-order valence-electron chi connectivity index (χ3n) is 2.22. The molecule has 0 saturated carbocycles. The molecule has 1 saturated heterocycles. The molecular weight excluding hydrogens is 176 g/mol. The summed E-state index contributed by atoms with van der Waals surface area (Å²) in [7, 11) is 0. The second-order valence-electron chi connectivity index (χ2n) is 3.08. The first kappa shape index (κ1) is 10.9. The van der Waals surface area contributed by atoms with Gasteiger partial charge < -0.3 is 25.2 Å². The largest absolute Gasteiger partial charge is 0.394 e.